The van der Waals surface area contributed by atoms with E-state index in [1.165, 1.54) is 0 Å². The van der Waals surface area contributed by atoms with E-state index >= 15 is 0 Å². The van der Waals surface area contributed by atoms with Crippen LogP contribution in [0, 0.1) is 0 Å². The monoisotopic (exact) mass is 241 g/mol. The van der Waals surface area contributed by atoms with E-state index in [2.05, 4.69) is 42.3 Å². The van der Waals surface area contributed by atoms with E-state index < -0.39 is 0 Å². The first-order chi connectivity index (χ1) is 8.66. The minimum absolute atomic E-state index is 0.415. The van der Waals surface area contributed by atoms with Gasteiger partial charge in [-0.1, -0.05) is 24.3 Å². The van der Waals surface area contributed by atoms with E-state index in [0.717, 1.165) is 11.3 Å². The van der Waals surface area contributed by atoms with Crippen LogP contribution in [0.2, 0.25) is 0 Å². The molecule has 0 saturated carbocycles. The second-order valence-electron chi connectivity index (χ2n) is 4.49. The van der Waals surface area contributed by atoms with Gasteiger partial charge in [-0.2, -0.15) is 5.10 Å². The topological polar surface area (TPSA) is 18.8 Å². The molecule has 0 bridgehead atoms. The average molecular weight is 241 g/mol. The van der Waals surface area contributed by atoms with Crippen LogP contribution in [0.25, 0.3) is 0 Å². The molecular weight excluding hydrogens is 222 g/mol. The van der Waals surface area contributed by atoms with E-state index in [0.29, 0.717) is 6.04 Å². The maximum absolute atomic E-state index is 4.45. The highest BCUT2D eigenvalue weighted by molar-refractivity contribution is 5.83. The molecular formula is C15H19N3. The molecule has 0 aromatic heterocycles. The summed E-state index contributed by atoms with van der Waals surface area (Å²) in [5.74, 6) is 0. The van der Waals surface area contributed by atoms with Gasteiger partial charge in [0.15, 0.2) is 0 Å². The molecule has 1 aliphatic heterocycles. The van der Waals surface area contributed by atoms with Crippen molar-refractivity contribution in [2.75, 3.05) is 19.1 Å². The van der Waals surface area contributed by atoms with Crippen LogP contribution in [0.3, 0.4) is 0 Å². The van der Waals surface area contributed by atoms with Crippen LogP contribution >= 0.6 is 0 Å². The summed E-state index contributed by atoms with van der Waals surface area (Å²) in [5.41, 5.74) is 2.22. The molecule has 0 radical (unpaired) electrons. The number of benzene rings is 1. The van der Waals surface area contributed by atoms with Crippen LogP contribution in [0.15, 0.2) is 59.4 Å². The molecule has 1 aromatic rings. The van der Waals surface area contributed by atoms with Gasteiger partial charge in [0.05, 0.1) is 11.9 Å². The third kappa shape index (κ3) is 3.00. The summed E-state index contributed by atoms with van der Waals surface area (Å²) in [4.78, 5) is 2.16. The second kappa shape index (κ2) is 5.54. The van der Waals surface area contributed by atoms with E-state index in [9.17, 15) is 0 Å². The zero-order valence-corrected chi connectivity index (χ0v) is 11.1. The third-order valence-electron chi connectivity index (χ3n) is 3.09. The molecule has 1 heterocycles. The van der Waals surface area contributed by atoms with Crippen LogP contribution in [0.1, 0.15) is 6.92 Å². The highest BCUT2D eigenvalue weighted by Gasteiger charge is 2.07. The molecule has 1 aliphatic rings. The van der Waals surface area contributed by atoms with Gasteiger partial charge in [-0.25, -0.2) is 0 Å². The molecule has 0 aliphatic carbocycles. The van der Waals surface area contributed by atoms with Crippen LogP contribution in [0.4, 0.5) is 5.69 Å². The van der Waals surface area contributed by atoms with E-state index in [1.807, 2.05) is 48.6 Å². The standard InChI is InChI=1S/C15H19N3/c1-13-11-14(9-10-17(13)2)12-16-18(3)15-7-5-4-6-8-15/h4-13H,1-3H3. The predicted octanol–water partition coefficient (Wildman–Crippen LogP) is 2.88. The van der Waals surface area contributed by atoms with E-state index in [1.54, 1.807) is 0 Å². The predicted molar refractivity (Wildman–Crippen MR) is 77.8 cm³/mol. The van der Waals surface area contributed by atoms with Crippen molar-refractivity contribution in [3.05, 3.63) is 54.3 Å². The highest BCUT2D eigenvalue weighted by atomic mass is 15.4. The minimum Gasteiger partial charge on any atom is -0.374 e. The summed E-state index contributed by atoms with van der Waals surface area (Å²) in [5, 5.41) is 6.32. The Labute approximate surface area is 109 Å². The average Bonchev–Trinajstić information content (AvgIpc) is 2.41. The number of hydrazone groups is 1. The Kier molecular flexibility index (Phi) is 3.82. The van der Waals surface area contributed by atoms with Crippen molar-refractivity contribution < 1.29 is 0 Å². The molecule has 0 saturated heterocycles. The number of hydrogen-bond acceptors (Lipinski definition) is 3. The first-order valence-corrected chi connectivity index (χ1v) is 6.11. The third-order valence-corrected chi connectivity index (χ3v) is 3.09. The number of rotatable bonds is 3. The molecule has 2 rings (SSSR count). The number of allylic oxidation sites excluding steroid dienone is 2. The van der Waals surface area contributed by atoms with Crippen LogP contribution in [-0.4, -0.2) is 31.3 Å². The van der Waals surface area contributed by atoms with Crippen molar-refractivity contribution in [1.29, 1.82) is 0 Å². The molecule has 3 heteroatoms. The summed E-state index contributed by atoms with van der Waals surface area (Å²) < 4.78 is 0. The van der Waals surface area contributed by atoms with Gasteiger partial charge >= 0.3 is 0 Å². The van der Waals surface area contributed by atoms with Gasteiger partial charge in [0, 0.05) is 20.1 Å². The minimum atomic E-state index is 0.415. The molecule has 94 valence electrons. The fraction of sp³-hybridized carbons (Fsp3) is 0.267. The lowest BCUT2D eigenvalue weighted by Gasteiger charge is -2.23. The van der Waals surface area contributed by atoms with Crippen molar-refractivity contribution in [1.82, 2.24) is 4.90 Å². The first kappa shape index (κ1) is 12.4. The largest absolute Gasteiger partial charge is 0.374 e. The zero-order chi connectivity index (χ0) is 13.0. The lowest BCUT2D eigenvalue weighted by Crippen LogP contribution is -2.24. The number of anilines is 1. The fourth-order valence-corrected chi connectivity index (χ4v) is 1.74. The summed E-state index contributed by atoms with van der Waals surface area (Å²) >= 11 is 0. The Bertz CT molecular complexity index is 474. The highest BCUT2D eigenvalue weighted by Crippen LogP contribution is 2.13. The number of para-hydroxylation sites is 1. The Morgan fingerprint density at radius 1 is 1.28 bits per heavy atom. The van der Waals surface area contributed by atoms with Gasteiger partial charge < -0.3 is 4.90 Å². The van der Waals surface area contributed by atoms with Crippen molar-refractivity contribution in [2.24, 2.45) is 5.10 Å². The SMILES string of the molecule is CC1C=C(C=NN(C)c2ccccc2)C=CN1C. The molecule has 0 spiro atoms. The van der Waals surface area contributed by atoms with Crippen molar-refractivity contribution in [2.45, 2.75) is 13.0 Å². The Balaban J connectivity index is 2.04. The quantitative estimate of drug-likeness (QED) is 0.598. The molecule has 0 fully saturated rings. The van der Waals surface area contributed by atoms with Crippen LogP contribution in [-0.2, 0) is 0 Å². The molecule has 0 amide bonds. The lowest BCUT2D eigenvalue weighted by molar-refractivity contribution is 0.402. The van der Waals surface area contributed by atoms with Gasteiger partial charge in [0.2, 0.25) is 0 Å². The second-order valence-corrected chi connectivity index (χ2v) is 4.49. The molecule has 18 heavy (non-hydrogen) atoms. The molecule has 3 nitrogen and oxygen atoms in total. The zero-order valence-electron chi connectivity index (χ0n) is 11.1. The van der Waals surface area contributed by atoms with Gasteiger partial charge in [0.1, 0.15) is 0 Å². The summed E-state index contributed by atoms with van der Waals surface area (Å²) in [6.07, 6.45) is 8.24. The summed E-state index contributed by atoms with van der Waals surface area (Å²) in [6.45, 7) is 2.16. The smallest absolute Gasteiger partial charge is 0.0590 e. The number of likely N-dealkylation sites (N-methyl/N-ethyl adjacent to an activating group) is 1. The molecule has 1 aromatic carbocycles. The number of hydrogen-bond donors (Lipinski definition) is 0. The van der Waals surface area contributed by atoms with Crippen molar-refractivity contribution >= 4 is 11.9 Å². The number of nitrogens with zero attached hydrogens (tertiary/aromatic N) is 3. The van der Waals surface area contributed by atoms with Gasteiger partial charge in [-0.3, -0.25) is 5.01 Å². The molecule has 0 N–H and O–H groups in total. The van der Waals surface area contributed by atoms with Gasteiger partial charge in [-0.15, -0.1) is 0 Å². The van der Waals surface area contributed by atoms with Crippen LogP contribution in [0.5, 0.6) is 0 Å². The molecule has 1 atom stereocenters. The van der Waals surface area contributed by atoms with Gasteiger partial charge in [-0.05, 0) is 36.9 Å². The lowest BCUT2D eigenvalue weighted by atomic mass is 10.1. The Morgan fingerprint density at radius 3 is 2.67 bits per heavy atom. The first-order valence-electron chi connectivity index (χ1n) is 6.11. The van der Waals surface area contributed by atoms with Gasteiger partial charge in [0.25, 0.3) is 0 Å². The normalized spacial score (nSPS) is 19.2. The summed E-state index contributed by atoms with van der Waals surface area (Å²) in [7, 11) is 4.02. The fourth-order valence-electron chi connectivity index (χ4n) is 1.74. The van der Waals surface area contributed by atoms with Crippen molar-refractivity contribution in [3.63, 3.8) is 0 Å². The Hall–Kier alpha value is -2.03. The maximum atomic E-state index is 4.45. The Morgan fingerprint density at radius 2 is 2.00 bits per heavy atom. The van der Waals surface area contributed by atoms with Crippen molar-refractivity contribution in [3.8, 4) is 0 Å². The summed E-state index contributed by atoms with van der Waals surface area (Å²) in [6, 6.07) is 10.5. The van der Waals surface area contributed by atoms with E-state index in [-0.39, 0.29) is 0 Å². The van der Waals surface area contributed by atoms with E-state index in [4.69, 9.17) is 0 Å². The molecule has 1 unspecified atom stereocenters. The maximum Gasteiger partial charge on any atom is 0.0590 e. The van der Waals surface area contributed by atoms with Crippen LogP contribution < -0.4 is 5.01 Å².